The highest BCUT2D eigenvalue weighted by atomic mass is 19.1. The standard InChI is InChI=1S/C6H6FN2/c1-8-5-3-2-4-9-6(5)7/h2-4,8H,1H2. The monoisotopic (exact) mass is 125 g/mol. The van der Waals surface area contributed by atoms with E-state index in [1.807, 2.05) is 0 Å². The molecule has 3 heteroatoms. The Hall–Kier alpha value is -1.12. The van der Waals surface area contributed by atoms with Gasteiger partial charge in [-0.25, -0.2) is 4.98 Å². The van der Waals surface area contributed by atoms with Gasteiger partial charge >= 0.3 is 0 Å². The van der Waals surface area contributed by atoms with Crippen LogP contribution in [0.5, 0.6) is 0 Å². The van der Waals surface area contributed by atoms with E-state index in [1.54, 1.807) is 12.1 Å². The summed E-state index contributed by atoms with van der Waals surface area (Å²) >= 11 is 0. The summed E-state index contributed by atoms with van der Waals surface area (Å²) in [6.07, 6.45) is 1.39. The van der Waals surface area contributed by atoms with Crippen LogP contribution < -0.4 is 5.32 Å². The van der Waals surface area contributed by atoms with Crippen molar-refractivity contribution in [3.05, 3.63) is 31.3 Å². The predicted octanol–water partition coefficient (Wildman–Crippen LogP) is 1.42. The van der Waals surface area contributed by atoms with Gasteiger partial charge in [0.25, 0.3) is 0 Å². The number of aromatic nitrogens is 1. The van der Waals surface area contributed by atoms with Crippen molar-refractivity contribution in [3.8, 4) is 0 Å². The van der Waals surface area contributed by atoms with Crippen molar-refractivity contribution in [3.63, 3.8) is 0 Å². The average molecular weight is 125 g/mol. The molecule has 0 aliphatic rings. The van der Waals surface area contributed by atoms with Crippen molar-refractivity contribution in [2.75, 3.05) is 5.32 Å². The first-order chi connectivity index (χ1) is 4.34. The molecule has 1 rings (SSSR count). The summed E-state index contributed by atoms with van der Waals surface area (Å²) in [6.45, 7) is 0. The maximum absolute atomic E-state index is 12.4. The van der Waals surface area contributed by atoms with Gasteiger partial charge in [0.05, 0.1) is 5.69 Å². The van der Waals surface area contributed by atoms with Gasteiger partial charge < -0.3 is 5.32 Å². The highest BCUT2D eigenvalue weighted by Gasteiger charge is 1.95. The van der Waals surface area contributed by atoms with Crippen molar-refractivity contribution in [2.24, 2.45) is 0 Å². The first-order valence-corrected chi connectivity index (χ1v) is 2.48. The number of nitrogens with one attached hydrogen (secondary N) is 1. The van der Waals surface area contributed by atoms with E-state index in [2.05, 4.69) is 17.3 Å². The summed E-state index contributed by atoms with van der Waals surface area (Å²) < 4.78 is 12.4. The molecule has 0 saturated carbocycles. The molecule has 0 bridgehead atoms. The van der Waals surface area contributed by atoms with E-state index in [0.717, 1.165) is 0 Å². The number of hydrogen-bond donors (Lipinski definition) is 1. The number of nitrogens with zero attached hydrogens (tertiary/aromatic N) is 1. The van der Waals surface area contributed by atoms with Gasteiger partial charge in [-0.1, -0.05) is 0 Å². The van der Waals surface area contributed by atoms with Crippen LogP contribution in [0.4, 0.5) is 10.1 Å². The fraction of sp³-hybridized carbons (Fsp3) is 0. The molecule has 1 aromatic heterocycles. The van der Waals surface area contributed by atoms with Crippen LogP contribution in [0.2, 0.25) is 0 Å². The Bertz CT molecular complexity index is 200. The summed E-state index contributed by atoms with van der Waals surface area (Å²) in [7, 11) is 3.29. The van der Waals surface area contributed by atoms with E-state index in [4.69, 9.17) is 0 Å². The summed E-state index contributed by atoms with van der Waals surface area (Å²) in [5.74, 6) is -0.521. The molecule has 1 heterocycles. The van der Waals surface area contributed by atoms with Crippen LogP contribution in [0.25, 0.3) is 0 Å². The molecule has 1 N–H and O–H groups in total. The van der Waals surface area contributed by atoms with Crippen LogP contribution in [-0.2, 0) is 0 Å². The minimum absolute atomic E-state index is 0.317. The normalized spacial score (nSPS) is 9.11. The Morgan fingerprint density at radius 1 is 1.67 bits per heavy atom. The van der Waals surface area contributed by atoms with Crippen LogP contribution in [0.3, 0.4) is 0 Å². The largest absolute Gasteiger partial charge is 0.380 e. The van der Waals surface area contributed by atoms with Crippen LogP contribution in [0.15, 0.2) is 18.3 Å². The van der Waals surface area contributed by atoms with E-state index >= 15 is 0 Å². The van der Waals surface area contributed by atoms with Gasteiger partial charge in [0.1, 0.15) is 0 Å². The lowest BCUT2D eigenvalue weighted by atomic mass is 10.4. The predicted molar refractivity (Wildman–Crippen MR) is 33.2 cm³/mol. The molecule has 0 fully saturated rings. The van der Waals surface area contributed by atoms with Crippen molar-refractivity contribution in [2.45, 2.75) is 0 Å². The molecule has 47 valence electrons. The molecule has 1 aromatic rings. The van der Waals surface area contributed by atoms with Gasteiger partial charge in [0, 0.05) is 13.2 Å². The number of halogens is 1. The minimum atomic E-state index is -0.521. The number of hydrogen-bond acceptors (Lipinski definition) is 2. The van der Waals surface area contributed by atoms with Gasteiger partial charge in [0.2, 0.25) is 5.95 Å². The zero-order valence-electron chi connectivity index (χ0n) is 4.76. The molecule has 0 aliphatic carbocycles. The zero-order chi connectivity index (χ0) is 6.69. The molecule has 0 aromatic carbocycles. The van der Waals surface area contributed by atoms with Gasteiger partial charge in [-0.15, -0.1) is 0 Å². The van der Waals surface area contributed by atoms with Crippen molar-refractivity contribution in [1.29, 1.82) is 0 Å². The molecule has 0 atom stereocenters. The smallest absolute Gasteiger partial charge is 0.236 e. The van der Waals surface area contributed by atoms with Crippen LogP contribution >= 0.6 is 0 Å². The molecule has 2 nitrogen and oxygen atoms in total. The van der Waals surface area contributed by atoms with Crippen molar-refractivity contribution in [1.82, 2.24) is 4.98 Å². The molecular weight excluding hydrogens is 119 g/mol. The third kappa shape index (κ3) is 1.16. The minimum Gasteiger partial charge on any atom is -0.380 e. The quantitative estimate of drug-likeness (QED) is 0.574. The molecule has 1 radical (unpaired) electrons. The lowest BCUT2D eigenvalue weighted by Crippen LogP contribution is -1.90. The summed E-state index contributed by atoms with van der Waals surface area (Å²) in [4.78, 5) is 3.38. The second kappa shape index (κ2) is 2.44. The lowest BCUT2D eigenvalue weighted by Gasteiger charge is -1.96. The number of anilines is 1. The fourth-order valence-corrected chi connectivity index (χ4v) is 0.518. The Labute approximate surface area is 52.7 Å². The third-order valence-electron chi connectivity index (χ3n) is 0.950. The first-order valence-electron chi connectivity index (χ1n) is 2.48. The average Bonchev–Trinajstić information content (AvgIpc) is 1.89. The topological polar surface area (TPSA) is 24.9 Å². The van der Waals surface area contributed by atoms with Crippen molar-refractivity contribution >= 4 is 5.69 Å². The SMILES string of the molecule is [CH2]Nc1cccnc1F. The second-order valence-corrected chi connectivity index (χ2v) is 1.52. The number of rotatable bonds is 1. The summed E-state index contributed by atoms with van der Waals surface area (Å²) in [5, 5.41) is 2.41. The second-order valence-electron chi connectivity index (χ2n) is 1.52. The van der Waals surface area contributed by atoms with Gasteiger partial charge in [0.15, 0.2) is 0 Å². The highest BCUT2D eigenvalue weighted by molar-refractivity contribution is 5.41. The molecule has 0 unspecified atom stereocenters. The Morgan fingerprint density at radius 2 is 2.44 bits per heavy atom. The molecular formula is C6H6FN2. The molecule has 9 heavy (non-hydrogen) atoms. The van der Waals surface area contributed by atoms with Crippen molar-refractivity contribution < 1.29 is 4.39 Å². The zero-order valence-corrected chi connectivity index (χ0v) is 4.76. The van der Waals surface area contributed by atoms with E-state index in [-0.39, 0.29) is 0 Å². The molecule has 0 aliphatic heterocycles. The van der Waals surface area contributed by atoms with E-state index in [9.17, 15) is 4.39 Å². The molecule has 0 saturated heterocycles. The van der Waals surface area contributed by atoms with Gasteiger partial charge in [-0.05, 0) is 12.1 Å². The maximum atomic E-state index is 12.4. The number of pyridine rings is 1. The maximum Gasteiger partial charge on any atom is 0.236 e. The molecule has 0 amide bonds. The third-order valence-corrected chi connectivity index (χ3v) is 0.950. The Kier molecular flexibility index (Phi) is 1.63. The van der Waals surface area contributed by atoms with E-state index < -0.39 is 5.95 Å². The Morgan fingerprint density at radius 3 is 2.89 bits per heavy atom. The van der Waals surface area contributed by atoms with Crippen LogP contribution in [0, 0.1) is 13.0 Å². The van der Waals surface area contributed by atoms with Crippen LogP contribution in [0.1, 0.15) is 0 Å². The van der Waals surface area contributed by atoms with E-state index in [1.165, 1.54) is 6.20 Å². The summed E-state index contributed by atoms with van der Waals surface area (Å²) in [5.41, 5.74) is 0.317. The summed E-state index contributed by atoms with van der Waals surface area (Å²) in [6, 6.07) is 3.20. The molecule has 0 spiro atoms. The van der Waals surface area contributed by atoms with E-state index in [0.29, 0.717) is 5.69 Å². The van der Waals surface area contributed by atoms with Gasteiger partial charge in [-0.3, -0.25) is 0 Å². The first kappa shape index (κ1) is 6.01. The lowest BCUT2D eigenvalue weighted by molar-refractivity contribution is 0.588. The Balaban J connectivity index is 3.01. The van der Waals surface area contributed by atoms with Gasteiger partial charge in [-0.2, -0.15) is 4.39 Å². The fourth-order valence-electron chi connectivity index (χ4n) is 0.518. The van der Waals surface area contributed by atoms with Crippen LogP contribution in [-0.4, -0.2) is 4.98 Å². The highest BCUT2D eigenvalue weighted by Crippen LogP contribution is 2.07.